The molecule has 2 N–H and O–H groups in total. The van der Waals surface area contributed by atoms with E-state index >= 15 is 0 Å². The molecule has 2 aromatic rings. The molecule has 128 valence electrons. The monoisotopic (exact) mass is 342 g/mol. The number of aryl methyl sites for hydroxylation is 1. The van der Waals surface area contributed by atoms with Crippen molar-refractivity contribution in [2.75, 3.05) is 5.32 Å². The molecule has 1 heterocycles. The lowest BCUT2D eigenvalue weighted by atomic mass is 9.86. The number of thiocarbonyl (C=S) groups is 1. The largest absolute Gasteiger partial charge is 0.359 e. The van der Waals surface area contributed by atoms with Gasteiger partial charge in [0, 0.05) is 12.2 Å². The van der Waals surface area contributed by atoms with Gasteiger partial charge in [-0.05, 0) is 49.0 Å². The van der Waals surface area contributed by atoms with Crippen LogP contribution in [0.1, 0.15) is 43.7 Å². The molecule has 0 aliphatic heterocycles. The number of aromatic nitrogens is 2. The van der Waals surface area contributed by atoms with Crippen molar-refractivity contribution in [3.8, 4) is 0 Å². The molecule has 24 heavy (non-hydrogen) atoms. The summed E-state index contributed by atoms with van der Waals surface area (Å²) in [6.07, 6.45) is 8.95. The summed E-state index contributed by atoms with van der Waals surface area (Å²) in [5.41, 5.74) is 3.50. The van der Waals surface area contributed by atoms with Gasteiger partial charge in [0.1, 0.15) is 0 Å². The van der Waals surface area contributed by atoms with Crippen molar-refractivity contribution in [1.82, 2.24) is 15.1 Å². The SMILES string of the molecule is Cc1ccccc1Cn1cc(NC(=S)NC2CCCCC2C)cn1. The Kier molecular flexibility index (Phi) is 5.51. The lowest BCUT2D eigenvalue weighted by Gasteiger charge is -2.30. The molecule has 1 saturated carbocycles. The fraction of sp³-hybridized carbons (Fsp3) is 0.474. The Morgan fingerprint density at radius 2 is 2.08 bits per heavy atom. The summed E-state index contributed by atoms with van der Waals surface area (Å²) < 4.78 is 1.94. The summed E-state index contributed by atoms with van der Waals surface area (Å²) in [4.78, 5) is 0. The fourth-order valence-electron chi connectivity index (χ4n) is 3.34. The summed E-state index contributed by atoms with van der Waals surface area (Å²) in [7, 11) is 0. The zero-order chi connectivity index (χ0) is 16.9. The summed E-state index contributed by atoms with van der Waals surface area (Å²) in [5.74, 6) is 0.683. The zero-order valence-corrected chi connectivity index (χ0v) is 15.3. The lowest BCUT2D eigenvalue weighted by Crippen LogP contribution is -2.43. The van der Waals surface area contributed by atoms with E-state index in [9.17, 15) is 0 Å². The average molecular weight is 343 g/mol. The van der Waals surface area contributed by atoms with Gasteiger partial charge < -0.3 is 10.6 Å². The molecular formula is C19H26N4S. The highest BCUT2D eigenvalue weighted by Gasteiger charge is 2.21. The van der Waals surface area contributed by atoms with E-state index in [0.29, 0.717) is 17.1 Å². The van der Waals surface area contributed by atoms with Gasteiger partial charge in [0.25, 0.3) is 0 Å². The molecule has 1 fully saturated rings. The Labute approximate surface area is 149 Å². The molecule has 3 rings (SSSR count). The molecule has 1 aromatic heterocycles. The van der Waals surface area contributed by atoms with E-state index in [1.807, 2.05) is 17.1 Å². The van der Waals surface area contributed by atoms with E-state index in [4.69, 9.17) is 12.2 Å². The minimum atomic E-state index is 0.487. The van der Waals surface area contributed by atoms with Gasteiger partial charge in [-0.1, -0.05) is 44.0 Å². The molecule has 4 nitrogen and oxygen atoms in total. The van der Waals surface area contributed by atoms with Gasteiger partial charge in [-0.3, -0.25) is 4.68 Å². The van der Waals surface area contributed by atoms with Crippen LogP contribution in [0.5, 0.6) is 0 Å². The highest BCUT2D eigenvalue weighted by molar-refractivity contribution is 7.80. The minimum Gasteiger partial charge on any atom is -0.359 e. The molecule has 1 aliphatic carbocycles. The molecule has 1 aromatic carbocycles. The van der Waals surface area contributed by atoms with E-state index in [1.54, 1.807) is 0 Å². The Bertz CT molecular complexity index is 694. The second kappa shape index (κ2) is 7.79. The van der Waals surface area contributed by atoms with Gasteiger partial charge in [0.15, 0.2) is 5.11 Å². The summed E-state index contributed by atoms with van der Waals surface area (Å²) in [6.45, 7) is 5.20. The predicted octanol–water partition coefficient (Wildman–Crippen LogP) is 4.10. The maximum Gasteiger partial charge on any atom is 0.171 e. The van der Waals surface area contributed by atoms with E-state index in [0.717, 1.165) is 12.2 Å². The van der Waals surface area contributed by atoms with Crippen LogP contribution in [0.2, 0.25) is 0 Å². The Morgan fingerprint density at radius 1 is 1.29 bits per heavy atom. The maximum atomic E-state index is 5.47. The topological polar surface area (TPSA) is 41.9 Å². The third kappa shape index (κ3) is 4.35. The van der Waals surface area contributed by atoms with Crippen molar-refractivity contribution in [2.24, 2.45) is 5.92 Å². The van der Waals surface area contributed by atoms with Gasteiger partial charge in [-0.15, -0.1) is 0 Å². The van der Waals surface area contributed by atoms with E-state index in [1.165, 1.54) is 36.8 Å². The van der Waals surface area contributed by atoms with Crippen LogP contribution in [-0.4, -0.2) is 20.9 Å². The average Bonchev–Trinajstić information content (AvgIpc) is 2.99. The first-order valence-corrected chi connectivity index (χ1v) is 9.17. The lowest BCUT2D eigenvalue weighted by molar-refractivity contribution is 0.309. The number of anilines is 1. The zero-order valence-electron chi connectivity index (χ0n) is 14.5. The van der Waals surface area contributed by atoms with Crippen LogP contribution in [-0.2, 0) is 6.54 Å². The van der Waals surface area contributed by atoms with Gasteiger partial charge in [0.05, 0.1) is 18.4 Å². The number of rotatable bonds is 4. The smallest absolute Gasteiger partial charge is 0.171 e. The second-order valence-electron chi connectivity index (χ2n) is 6.82. The van der Waals surface area contributed by atoms with Crippen LogP contribution < -0.4 is 10.6 Å². The molecule has 0 bridgehead atoms. The highest BCUT2D eigenvalue weighted by atomic mass is 32.1. The van der Waals surface area contributed by atoms with Gasteiger partial charge >= 0.3 is 0 Å². The van der Waals surface area contributed by atoms with Gasteiger partial charge in [-0.2, -0.15) is 5.10 Å². The number of hydrogen-bond acceptors (Lipinski definition) is 2. The molecule has 0 radical (unpaired) electrons. The Morgan fingerprint density at radius 3 is 2.88 bits per heavy atom. The predicted molar refractivity (Wildman–Crippen MR) is 103 cm³/mol. The van der Waals surface area contributed by atoms with Crippen molar-refractivity contribution >= 4 is 23.0 Å². The first kappa shape index (κ1) is 17.0. The third-order valence-corrected chi connectivity index (χ3v) is 5.13. The van der Waals surface area contributed by atoms with Crippen molar-refractivity contribution in [2.45, 2.75) is 52.1 Å². The number of nitrogens with one attached hydrogen (secondary N) is 2. The summed E-state index contributed by atoms with van der Waals surface area (Å²) >= 11 is 5.47. The van der Waals surface area contributed by atoms with E-state index in [2.05, 4.69) is 53.8 Å². The van der Waals surface area contributed by atoms with Gasteiger partial charge in [-0.25, -0.2) is 0 Å². The quantitative estimate of drug-likeness (QED) is 0.821. The highest BCUT2D eigenvalue weighted by Crippen LogP contribution is 2.23. The van der Waals surface area contributed by atoms with Crippen LogP contribution in [0.15, 0.2) is 36.7 Å². The van der Waals surface area contributed by atoms with E-state index in [-0.39, 0.29) is 0 Å². The van der Waals surface area contributed by atoms with Crippen LogP contribution in [0, 0.1) is 12.8 Å². The van der Waals surface area contributed by atoms with Crippen molar-refractivity contribution < 1.29 is 0 Å². The first-order valence-electron chi connectivity index (χ1n) is 8.76. The second-order valence-corrected chi connectivity index (χ2v) is 7.23. The standard InChI is InChI=1S/C19H26N4S/c1-14-7-3-5-9-16(14)12-23-13-17(11-20-23)21-19(24)22-18-10-6-4-8-15(18)2/h3,5,7,9,11,13,15,18H,4,6,8,10,12H2,1-2H3,(H2,21,22,24). The molecule has 2 atom stereocenters. The molecule has 1 aliphatic rings. The summed E-state index contributed by atoms with van der Waals surface area (Å²) in [6, 6.07) is 8.88. The van der Waals surface area contributed by atoms with Crippen molar-refractivity contribution in [3.63, 3.8) is 0 Å². The van der Waals surface area contributed by atoms with Crippen LogP contribution in [0.25, 0.3) is 0 Å². The van der Waals surface area contributed by atoms with Crippen molar-refractivity contribution in [3.05, 3.63) is 47.8 Å². The molecule has 0 spiro atoms. The Hall–Kier alpha value is -1.88. The normalized spacial score (nSPS) is 20.6. The van der Waals surface area contributed by atoms with Gasteiger partial charge in [0.2, 0.25) is 0 Å². The third-order valence-electron chi connectivity index (χ3n) is 4.91. The fourth-order valence-corrected chi connectivity index (χ4v) is 3.61. The molecule has 0 saturated heterocycles. The number of benzene rings is 1. The molecule has 0 amide bonds. The minimum absolute atomic E-state index is 0.487. The van der Waals surface area contributed by atoms with Crippen molar-refractivity contribution in [1.29, 1.82) is 0 Å². The molecule has 2 unspecified atom stereocenters. The maximum absolute atomic E-state index is 5.47. The number of nitrogens with zero attached hydrogens (tertiary/aromatic N) is 2. The summed E-state index contributed by atoms with van der Waals surface area (Å²) in [5, 5.41) is 11.9. The molecular weight excluding hydrogens is 316 g/mol. The van der Waals surface area contributed by atoms with Crippen LogP contribution >= 0.6 is 12.2 Å². The molecule has 5 heteroatoms. The Balaban J connectivity index is 1.55. The van der Waals surface area contributed by atoms with E-state index < -0.39 is 0 Å². The number of hydrogen-bond donors (Lipinski definition) is 2. The van der Waals surface area contributed by atoms with Crippen LogP contribution in [0.4, 0.5) is 5.69 Å². The first-order chi connectivity index (χ1) is 11.6. The van der Waals surface area contributed by atoms with Crippen LogP contribution in [0.3, 0.4) is 0 Å².